The van der Waals surface area contributed by atoms with Crippen LogP contribution in [0, 0.1) is 12.8 Å². The van der Waals surface area contributed by atoms with Crippen LogP contribution in [-0.4, -0.2) is 46.8 Å². The molecule has 0 bridgehead atoms. The number of nitrogens with zero attached hydrogens (tertiary/aromatic N) is 5. The lowest BCUT2D eigenvalue weighted by molar-refractivity contribution is 0.345. The number of rotatable bonds is 3. The van der Waals surface area contributed by atoms with E-state index >= 15 is 0 Å². The van der Waals surface area contributed by atoms with Crippen molar-refractivity contribution in [3.63, 3.8) is 0 Å². The minimum Gasteiger partial charge on any atom is -0.362 e. The molecule has 2 aromatic rings. The van der Waals surface area contributed by atoms with E-state index < -0.39 is 0 Å². The Balaban J connectivity index is 2.13. The molecule has 6 nitrogen and oxygen atoms in total. The van der Waals surface area contributed by atoms with Crippen LogP contribution in [0.4, 0.5) is 5.82 Å². The SMILES string of the molecule is Cc1nc2ncnn2c(N(C)C)c1CC1CNC1. The number of aryl methyl sites for hydroxylation is 1. The van der Waals surface area contributed by atoms with Crippen LogP contribution in [0.2, 0.25) is 0 Å². The molecule has 0 spiro atoms. The highest BCUT2D eigenvalue weighted by atomic mass is 15.4. The molecule has 0 radical (unpaired) electrons. The van der Waals surface area contributed by atoms with Crippen LogP contribution in [0.3, 0.4) is 0 Å². The summed E-state index contributed by atoms with van der Waals surface area (Å²) in [4.78, 5) is 10.8. The Kier molecular flexibility index (Phi) is 2.66. The van der Waals surface area contributed by atoms with E-state index in [2.05, 4.69) is 32.2 Å². The van der Waals surface area contributed by atoms with Crippen LogP contribution in [0.1, 0.15) is 11.3 Å². The van der Waals surface area contributed by atoms with Gasteiger partial charge in [-0.25, -0.2) is 4.98 Å². The van der Waals surface area contributed by atoms with Gasteiger partial charge >= 0.3 is 0 Å². The van der Waals surface area contributed by atoms with Crippen LogP contribution in [0.15, 0.2) is 6.33 Å². The summed E-state index contributed by atoms with van der Waals surface area (Å²) in [6, 6.07) is 0. The molecule has 1 saturated heterocycles. The highest BCUT2D eigenvalue weighted by Crippen LogP contribution is 2.25. The van der Waals surface area contributed by atoms with Gasteiger partial charge in [0.1, 0.15) is 12.1 Å². The molecule has 0 aromatic carbocycles. The highest BCUT2D eigenvalue weighted by Gasteiger charge is 2.23. The van der Waals surface area contributed by atoms with Gasteiger partial charge in [0.2, 0.25) is 0 Å². The molecule has 1 fully saturated rings. The van der Waals surface area contributed by atoms with Gasteiger partial charge in [-0.05, 0) is 32.4 Å². The summed E-state index contributed by atoms with van der Waals surface area (Å²) < 4.78 is 1.83. The van der Waals surface area contributed by atoms with E-state index in [0.717, 1.165) is 31.0 Å². The van der Waals surface area contributed by atoms with Crippen molar-refractivity contribution in [1.29, 1.82) is 0 Å². The maximum absolute atomic E-state index is 4.53. The Labute approximate surface area is 106 Å². The van der Waals surface area contributed by atoms with E-state index in [0.29, 0.717) is 11.7 Å². The Morgan fingerprint density at radius 1 is 1.44 bits per heavy atom. The molecule has 3 heterocycles. The highest BCUT2D eigenvalue weighted by molar-refractivity contribution is 5.53. The smallest absolute Gasteiger partial charge is 0.254 e. The standard InChI is InChI=1S/C12H18N6/c1-8-10(4-9-5-13-6-9)11(17(2)3)18-12(16-8)14-7-15-18/h7,9,13H,4-6H2,1-3H3. The maximum Gasteiger partial charge on any atom is 0.254 e. The number of anilines is 1. The van der Waals surface area contributed by atoms with Crippen molar-refractivity contribution in [2.75, 3.05) is 32.1 Å². The van der Waals surface area contributed by atoms with Crippen molar-refractivity contribution in [3.8, 4) is 0 Å². The van der Waals surface area contributed by atoms with Crippen molar-refractivity contribution in [3.05, 3.63) is 17.6 Å². The molecule has 18 heavy (non-hydrogen) atoms. The number of hydrogen-bond acceptors (Lipinski definition) is 5. The van der Waals surface area contributed by atoms with Gasteiger partial charge in [0.15, 0.2) is 0 Å². The number of fused-ring (bicyclic) bond motifs is 1. The molecule has 0 amide bonds. The first-order valence-corrected chi connectivity index (χ1v) is 6.24. The largest absolute Gasteiger partial charge is 0.362 e. The molecule has 6 heteroatoms. The third-order valence-corrected chi connectivity index (χ3v) is 3.49. The molecule has 1 aliphatic heterocycles. The van der Waals surface area contributed by atoms with Gasteiger partial charge < -0.3 is 10.2 Å². The van der Waals surface area contributed by atoms with Gasteiger partial charge in [-0.1, -0.05) is 0 Å². The van der Waals surface area contributed by atoms with E-state index in [4.69, 9.17) is 0 Å². The zero-order valence-electron chi connectivity index (χ0n) is 11.0. The zero-order chi connectivity index (χ0) is 12.7. The van der Waals surface area contributed by atoms with Gasteiger partial charge in [0.05, 0.1) is 0 Å². The van der Waals surface area contributed by atoms with Crippen molar-refractivity contribution < 1.29 is 0 Å². The summed E-state index contributed by atoms with van der Waals surface area (Å²) in [6.07, 6.45) is 2.61. The van der Waals surface area contributed by atoms with Gasteiger partial charge in [0, 0.05) is 25.4 Å². The number of aromatic nitrogens is 4. The average Bonchev–Trinajstić information content (AvgIpc) is 2.69. The van der Waals surface area contributed by atoms with Crippen LogP contribution in [0.5, 0.6) is 0 Å². The monoisotopic (exact) mass is 246 g/mol. The maximum atomic E-state index is 4.53. The second-order valence-corrected chi connectivity index (χ2v) is 5.09. The first kappa shape index (κ1) is 11.4. The van der Waals surface area contributed by atoms with E-state index in [1.165, 1.54) is 5.56 Å². The van der Waals surface area contributed by atoms with Gasteiger partial charge in [0.25, 0.3) is 5.78 Å². The van der Waals surface area contributed by atoms with Crippen LogP contribution < -0.4 is 10.2 Å². The van der Waals surface area contributed by atoms with Crippen molar-refractivity contribution in [1.82, 2.24) is 24.9 Å². The molecule has 3 rings (SSSR count). The van der Waals surface area contributed by atoms with E-state index in [-0.39, 0.29) is 0 Å². The quantitative estimate of drug-likeness (QED) is 0.842. The van der Waals surface area contributed by atoms with Gasteiger partial charge in [-0.3, -0.25) is 0 Å². The topological polar surface area (TPSA) is 58.4 Å². The first-order valence-electron chi connectivity index (χ1n) is 6.24. The van der Waals surface area contributed by atoms with E-state index in [1.807, 2.05) is 18.6 Å². The normalized spacial score (nSPS) is 15.9. The van der Waals surface area contributed by atoms with E-state index in [9.17, 15) is 0 Å². The predicted molar refractivity (Wildman–Crippen MR) is 69.9 cm³/mol. The predicted octanol–water partition coefficient (Wildman–Crippen LogP) is 0.261. The van der Waals surface area contributed by atoms with Crippen LogP contribution in [-0.2, 0) is 6.42 Å². The third-order valence-electron chi connectivity index (χ3n) is 3.49. The molecule has 96 valence electrons. The molecule has 1 N–H and O–H groups in total. The zero-order valence-corrected chi connectivity index (χ0v) is 11.0. The summed E-state index contributed by atoms with van der Waals surface area (Å²) >= 11 is 0. The lowest BCUT2D eigenvalue weighted by Crippen LogP contribution is -2.43. The fourth-order valence-corrected chi connectivity index (χ4v) is 2.45. The minimum absolute atomic E-state index is 0.673. The molecule has 0 atom stereocenters. The molecule has 0 saturated carbocycles. The fourth-order valence-electron chi connectivity index (χ4n) is 2.45. The summed E-state index contributed by atoms with van der Waals surface area (Å²) in [5.41, 5.74) is 2.34. The summed E-state index contributed by atoms with van der Waals surface area (Å²) in [5.74, 6) is 2.48. The molecule has 2 aromatic heterocycles. The number of nitrogens with one attached hydrogen (secondary N) is 1. The van der Waals surface area contributed by atoms with Crippen LogP contribution in [0.25, 0.3) is 5.78 Å². The molecular weight excluding hydrogens is 228 g/mol. The molecule has 0 unspecified atom stereocenters. The van der Waals surface area contributed by atoms with Crippen molar-refractivity contribution >= 4 is 11.6 Å². The van der Waals surface area contributed by atoms with Gasteiger partial charge in [-0.2, -0.15) is 14.6 Å². The molecule has 0 aliphatic carbocycles. The van der Waals surface area contributed by atoms with Crippen molar-refractivity contribution in [2.24, 2.45) is 5.92 Å². The fraction of sp³-hybridized carbons (Fsp3) is 0.583. The van der Waals surface area contributed by atoms with Crippen LogP contribution >= 0.6 is 0 Å². The summed E-state index contributed by atoms with van der Waals surface area (Å²) in [5, 5.41) is 7.59. The third kappa shape index (κ3) is 1.73. The average molecular weight is 246 g/mol. The minimum atomic E-state index is 0.673. The number of hydrogen-bond donors (Lipinski definition) is 1. The Morgan fingerprint density at radius 2 is 2.22 bits per heavy atom. The Bertz CT molecular complexity index is 569. The Morgan fingerprint density at radius 3 is 2.83 bits per heavy atom. The second kappa shape index (κ2) is 4.20. The van der Waals surface area contributed by atoms with E-state index in [1.54, 1.807) is 6.33 Å². The molecular formula is C12H18N6. The van der Waals surface area contributed by atoms with Gasteiger partial charge in [-0.15, -0.1) is 0 Å². The lowest BCUT2D eigenvalue weighted by atomic mass is 9.93. The Hall–Kier alpha value is -1.69. The first-order chi connectivity index (χ1) is 8.66. The summed E-state index contributed by atoms with van der Waals surface area (Å²) in [6.45, 7) is 4.26. The molecule has 1 aliphatic rings. The second-order valence-electron chi connectivity index (χ2n) is 5.09. The summed E-state index contributed by atoms with van der Waals surface area (Å²) in [7, 11) is 4.08. The lowest BCUT2D eigenvalue weighted by Gasteiger charge is -2.29. The van der Waals surface area contributed by atoms with Crippen molar-refractivity contribution in [2.45, 2.75) is 13.3 Å².